The van der Waals surface area contributed by atoms with E-state index in [4.69, 9.17) is 0 Å². The third-order valence-electron chi connectivity index (χ3n) is 17.6. The summed E-state index contributed by atoms with van der Waals surface area (Å²) in [5.74, 6) is 2.74. The Morgan fingerprint density at radius 3 is 0.805 bits per heavy atom. The molecule has 0 spiro atoms. The van der Waals surface area contributed by atoms with Crippen molar-refractivity contribution < 1.29 is 29.4 Å². The summed E-state index contributed by atoms with van der Waals surface area (Å²) < 4.78 is 0. The van der Waals surface area contributed by atoms with Crippen molar-refractivity contribution in [1.82, 2.24) is 0 Å². The molecular weight excluding hydrogens is 1170 g/mol. The van der Waals surface area contributed by atoms with Gasteiger partial charge in [-0.2, -0.15) is 49.2 Å². The molecule has 2 N–H and O–H groups in total. The van der Waals surface area contributed by atoms with Crippen molar-refractivity contribution >= 4 is 14.2 Å². The molecule has 12 rings (SSSR count). The van der Waals surface area contributed by atoms with Crippen LogP contribution in [0.25, 0.3) is 0 Å². The monoisotopic (exact) mass is 1260 g/mol. The van der Waals surface area contributed by atoms with Crippen LogP contribution < -0.4 is 0 Å². The van der Waals surface area contributed by atoms with Crippen molar-refractivity contribution in [2.45, 2.75) is 124 Å². The van der Waals surface area contributed by atoms with Gasteiger partial charge >= 0.3 is 452 Å². The van der Waals surface area contributed by atoms with E-state index in [9.17, 15) is 10.2 Å². The molecule has 87 heavy (non-hydrogen) atoms. The minimum Gasteiger partial charge on any atom is -0.199 e. The largest absolute Gasteiger partial charge is 0.199 e. The molecule has 2 aliphatic rings. The van der Waals surface area contributed by atoms with Crippen molar-refractivity contribution in [1.29, 1.82) is 0 Å². The molecule has 1 heterocycles. The second-order valence-corrected chi connectivity index (χ2v) is 41.1. The molecule has 1 aliphatic carbocycles. The Hall–Kier alpha value is -6.88. The van der Waals surface area contributed by atoms with Gasteiger partial charge in [0.2, 0.25) is 0 Å². The topological polar surface area (TPSA) is 40.5 Å². The number of phenolic OH excluding ortho intramolecular Hbond substituents is 2. The Kier molecular flexibility index (Phi) is 20.7. The first-order chi connectivity index (χ1) is 42.1. The average molecular weight is 1260 g/mol. The van der Waals surface area contributed by atoms with Crippen LogP contribution in [-0.2, 0) is 52.3 Å². The van der Waals surface area contributed by atoms with Gasteiger partial charge in [0.15, 0.2) is 0 Å². The second-order valence-electron chi connectivity index (χ2n) is 25.5. The SMILES string of the molecule is CC(C)(C)c1cc(C[S]2=[Zr]=[S@@](Cc3cc(C(C)(C)C)cc(C(c4ccccc4)(c4ccccc4)c4ccccc4)c3O)C3CCCCCC[C@@H]32)c(O)c(C(c2ccccc2)(c2ccccc2)c2ccccc2)c1.[CH2-]c1ccccc1.[CH2-]c1ccccc1. The van der Waals surface area contributed by atoms with Gasteiger partial charge in [0.1, 0.15) is 0 Å². The fourth-order valence-electron chi connectivity index (χ4n) is 13.0. The van der Waals surface area contributed by atoms with Crippen molar-refractivity contribution in [2.75, 3.05) is 0 Å². The van der Waals surface area contributed by atoms with Gasteiger partial charge in [-0.25, -0.2) is 0 Å². The maximum atomic E-state index is 13.4. The van der Waals surface area contributed by atoms with Crippen LogP contribution in [0.4, 0.5) is 0 Å². The van der Waals surface area contributed by atoms with Gasteiger partial charge in [-0.15, -0.1) is 24.3 Å². The minimum atomic E-state index is -1.12. The molecule has 0 aromatic heterocycles. The fraction of sp³-hybridized carbons (Fsp3) is 0.244. The number of benzene rings is 10. The average Bonchev–Trinajstić information content (AvgIpc) is 1.15. The van der Waals surface area contributed by atoms with Gasteiger partial charge in [-0.05, 0) is 0 Å². The summed E-state index contributed by atoms with van der Waals surface area (Å²) in [6.45, 7) is 21.4. The molecule has 0 radical (unpaired) electrons. The van der Waals surface area contributed by atoms with E-state index < -0.39 is 30.0 Å². The third-order valence-corrected chi connectivity index (χ3v) is 39.3. The van der Waals surface area contributed by atoms with Crippen molar-refractivity contribution in [2.24, 2.45) is 0 Å². The van der Waals surface area contributed by atoms with E-state index in [0.717, 1.165) is 78.3 Å². The third kappa shape index (κ3) is 14.2. The molecule has 0 saturated heterocycles. The van der Waals surface area contributed by atoms with E-state index in [2.05, 4.69) is 262 Å². The number of hydrogen-bond donors (Lipinski definition) is 2. The molecule has 4 atom stereocenters. The Balaban J connectivity index is 0.000000526. The Morgan fingerprint density at radius 2 is 0.586 bits per heavy atom. The minimum absolute atomic E-state index is 0.152. The molecule has 10 aromatic rings. The van der Waals surface area contributed by atoms with Gasteiger partial charge in [0, 0.05) is 0 Å². The van der Waals surface area contributed by atoms with E-state index in [1.165, 1.54) is 49.7 Å². The zero-order valence-electron chi connectivity index (χ0n) is 51.8. The Bertz CT molecular complexity index is 3440. The van der Waals surface area contributed by atoms with Crippen LogP contribution in [-0.4, -0.2) is 20.7 Å². The van der Waals surface area contributed by atoms with Gasteiger partial charge < -0.3 is 0 Å². The summed E-state index contributed by atoms with van der Waals surface area (Å²) >= 11 is -1.12. The molecule has 10 aromatic carbocycles. The smallest absolute Gasteiger partial charge is 0.0866 e. The molecule has 0 bridgehead atoms. The van der Waals surface area contributed by atoms with E-state index in [0.29, 0.717) is 22.0 Å². The van der Waals surface area contributed by atoms with Gasteiger partial charge in [0.25, 0.3) is 0 Å². The summed E-state index contributed by atoms with van der Waals surface area (Å²) in [6, 6.07) is 94.6. The zero-order chi connectivity index (χ0) is 61.0. The van der Waals surface area contributed by atoms with Gasteiger partial charge in [-0.3, -0.25) is 0 Å². The van der Waals surface area contributed by atoms with Crippen molar-refractivity contribution in [3.63, 3.8) is 0 Å². The van der Waals surface area contributed by atoms with Crippen LogP contribution in [0.2, 0.25) is 0 Å². The quantitative estimate of drug-likeness (QED) is 0.0945. The number of phenols is 2. The molecule has 0 amide bonds. The molecule has 2 unspecified atom stereocenters. The van der Waals surface area contributed by atoms with Crippen molar-refractivity contribution in [3.05, 3.63) is 359 Å². The molecule has 1 aliphatic heterocycles. The predicted octanol–water partition coefficient (Wildman–Crippen LogP) is 21.5. The number of fused-ring (bicyclic) bond motifs is 1. The first-order valence-corrected chi connectivity index (χ1v) is 40.0. The molecule has 5 heteroatoms. The summed E-state index contributed by atoms with van der Waals surface area (Å²) in [4.78, 5) is 0. The maximum absolute atomic E-state index is 13.4. The van der Waals surface area contributed by atoms with Crippen LogP contribution in [0.3, 0.4) is 0 Å². The molecular formula is C82H86O2S2Zr-2. The van der Waals surface area contributed by atoms with Crippen molar-refractivity contribution in [3.8, 4) is 11.5 Å². The standard InChI is InChI=1S/C68H72O2S2.2C7H7.Zr/c1-65(2,3)57-43-49(63(69)59(45-57)67(51-29-15-9-16-30-51,52-31-17-10-18-32-52)53-33-19-11-20-34-53)47-71-61-41-27-7-8-28-42-62(61)72-48-50-44-58(66(4,5)6)46-60(64(50)70)68(54-35-21-12-22-36-54,55-37-23-13-24-38-55)56-39-25-14-26-40-56;2*1-7-5-3-2-4-6-7;/h9-26,29-40,43-46,61-62,69-70H,7-8,27-28,41-42,47-48H2,1-6H3;2*2-6H,1H2;/q;2*-1;/t61-,62?;;;/m0.../s1. The molecule has 1 saturated carbocycles. The molecule has 1 fully saturated rings. The fourth-order valence-corrected chi connectivity index (χ4v) is 41.9. The van der Waals surface area contributed by atoms with Gasteiger partial charge in [-0.1, -0.05) is 12.1 Å². The van der Waals surface area contributed by atoms with Crippen LogP contribution in [0.1, 0.15) is 158 Å². The van der Waals surface area contributed by atoms with Crippen LogP contribution >= 0.6 is 14.2 Å². The normalized spacial score (nSPS) is 16.9. The summed E-state index contributed by atoms with van der Waals surface area (Å²) in [5.41, 5.74) is 13.9. The first-order valence-electron chi connectivity index (χ1n) is 31.1. The number of rotatable bonds is 12. The first kappa shape index (κ1) is 63.2. The zero-order valence-corrected chi connectivity index (χ0v) is 55.9. The Labute approximate surface area is 533 Å². The Morgan fingerprint density at radius 1 is 0.345 bits per heavy atom. The second kappa shape index (κ2) is 28.5. The van der Waals surface area contributed by atoms with E-state index in [1.54, 1.807) is 0 Å². The van der Waals surface area contributed by atoms with Gasteiger partial charge in [0.05, 0.1) is 0 Å². The summed E-state index contributed by atoms with van der Waals surface area (Å²) in [5, 5.41) is 28.0. The van der Waals surface area contributed by atoms with Crippen LogP contribution in [0.15, 0.2) is 267 Å². The summed E-state index contributed by atoms with van der Waals surface area (Å²) in [7, 11) is 0.338. The van der Waals surface area contributed by atoms with E-state index >= 15 is 0 Å². The molecule has 444 valence electrons. The van der Waals surface area contributed by atoms with Crippen LogP contribution in [0, 0.1) is 13.8 Å². The van der Waals surface area contributed by atoms with Crippen LogP contribution in [0.5, 0.6) is 11.5 Å². The molecule has 2 nitrogen and oxygen atoms in total. The number of hydrogen-bond acceptors (Lipinski definition) is 2. The van der Waals surface area contributed by atoms with E-state index in [-0.39, 0.29) is 25.1 Å². The van der Waals surface area contributed by atoms with E-state index in [1.807, 2.05) is 60.7 Å². The maximum Gasteiger partial charge on any atom is -0.0866 e. The predicted molar refractivity (Wildman–Crippen MR) is 370 cm³/mol. The number of aromatic hydroxyl groups is 2. The summed E-state index contributed by atoms with van der Waals surface area (Å²) in [6.07, 6.45) is 7.71.